The minimum atomic E-state index is -1.55. The summed E-state index contributed by atoms with van der Waals surface area (Å²) in [5.41, 5.74) is 6.91. The van der Waals surface area contributed by atoms with Crippen LogP contribution in [0.3, 0.4) is 0 Å². The Morgan fingerprint density at radius 1 is 0.553 bits per heavy atom. The fourth-order valence-corrected chi connectivity index (χ4v) is 2.76. The van der Waals surface area contributed by atoms with Gasteiger partial charge >= 0.3 is 23.9 Å². The first-order chi connectivity index (χ1) is 17.7. The van der Waals surface area contributed by atoms with Crippen LogP contribution < -0.4 is 11.5 Å². The third-order valence-corrected chi connectivity index (χ3v) is 4.48. The SMILES string of the molecule is CCCC(N)=O.CCCC(N)=O.O=C(c1ccc(C(=O)O)c(C(=O)O)c1)c1ccc(C(=O)O)c(C(=O)O)c1. The highest BCUT2D eigenvalue weighted by molar-refractivity contribution is 6.13. The summed E-state index contributed by atoms with van der Waals surface area (Å²) in [5.74, 6) is -7.28. The molecule has 204 valence electrons. The van der Waals surface area contributed by atoms with Crippen LogP contribution in [0.15, 0.2) is 36.4 Å². The van der Waals surface area contributed by atoms with Crippen molar-refractivity contribution in [3.8, 4) is 0 Å². The molecule has 13 nitrogen and oxygen atoms in total. The number of nitrogens with two attached hydrogens (primary N) is 2. The summed E-state index contributed by atoms with van der Waals surface area (Å²) < 4.78 is 0. The van der Waals surface area contributed by atoms with Gasteiger partial charge in [0, 0.05) is 24.0 Å². The summed E-state index contributed by atoms with van der Waals surface area (Å²) in [4.78, 5) is 76.5. The largest absolute Gasteiger partial charge is 0.478 e. The second kappa shape index (κ2) is 15.8. The second-order valence-corrected chi connectivity index (χ2v) is 7.50. The normalized spacial score (nSPS) is 9.53. The summed E-state index contributed by atoms with van der Waals surface area (Å²) >= 11 is 0. The summed E-state index contributed by atoms with van der Waals surface area (Å²) in [7, 11) is 0. The Morgan fingerprint density at radius 2 is 0.842 bits per heavy atom. The Kier molecular flexibility index (Phi) is 13.7. The summed E-state index contributed by atoms with van der Waals surface area (Å²) in [5, 5.41) is 36.1. The molecule has 8 N–H and O–H groups in total. The fraction of sp³-hybridized carbons (Fsp3) is 0.240. The van der Waals surface area contributed by atoms with Gasteiger partial charge in [-0.25, -0.2) is 19.2 Å². The smallest absolute Gasteiger partial charge is 0.336 e. The Bertz CT molecular complexity index is 1140. The van der Waals surface area contributed by atoms with Gasteiger partial charge in [0.15, 0.2) is 5.78 Å². The number of benzene rings is 2. The molecule has 0 aliphatic rings. The van der Waals surface area contributed by atoms with Gasteiger partial charge in [0.05, 0.1) is 22.3 Å². The van der Waals surface area contributed by atoms with E-state index in [0.717, 1.165) is 49.2 Å². The van der Waals surface area contributed by atoms with Gasteiger partial charge in [0.1, 0.15) is 0 Å². The molecule has 0 radical (unpaired) electrons. The number of primary amides is 2. The van der Waals surface area contributed by atoms with Crippen LogP contribution in [0.4, 0.5) is 0 Å². The van der Waals surface area contributed by atoms with E-state index in [2.05, 4.69) is 0 Å². The molecule has 0 unspecified atom stereocenters. The van der Waals surface area contributed by atoms with E-state index < -0.39 is 51.9 Å². The first-order valence-electron chi connectivity index (χ1n) is 11.0. The van der Waals surface area contributed by atoms with Crippen LogP contribution in [-0.2, 0) is 9.59 Å². The number of carboxylic acid groups (broad SMARTS) is 4. The van der Waals surface area contributed by atoms with E-state index in [-0.39, 0.29) is 22.9 Å². The molecule has 0 saturated carbocycles. The lowest BCUT2D eigenvalue weighted by Crippen LogP contribution is -2.13. The van der Waals surface area contributed by atoms with Gasteiger partial charge < -0.3 is 31.9 Å². The topological polar surface area (TPSA) is 252 Å². The predicted octanol–water partition coefficient (Wildman–Crippen LogP) is 2.25. The van der Waals surface area contributed by atoms with Crippen LogP contribution >= 0.6 is 0 Å². The van der Waals surface area contributed by atoms with Crippen molar-refractivity contribution < 1.29 is 54.0 Å². The highest BCUT2D eigenvalue weighted by Gasteiger charge is 2.22. The summed E-state index contributed by atoms with van der Waals surface area (Å²) in [6.45, 7) is 3.84. The van der Waals surface area contributed by atoms with Gasteiger partial charge in [-0.3, -0.25) is 14.4 Å². The third-order valence-electron chi connectivity index (χ3n) is 4.48. The zero-order chi connectivity index (χ0) is 29.6. The molecule has 2 rings (SSSR count). The molecule has 0 aliphatic carbocycles. The van der Waals surface area contributed by atoms with E-state index in [1.807, 2.05) is 13.8 Å². The maximum atomic E-state index is 12.5. The van der Waals surface area contributed by atoms with E-state index in [0.29, 0.717) is 12.8 Å². The minimum Gasteiger partial charge on any atom is -0.478 e. The highest BCUT2D eigenvalue weighted by Crippen LogP contribution is 2.19. The van der Waals surface area contributed by atoms with Gasteiger partial charge in [-0.1, -0.05) is 26.0 Å². The van der Waals surface area contributed by atoms with Crippen molar-refractivity contribution in [1.29, 1.82) is 0 Å². The minimum absolute atomic E-state index is 0.188. The lowest BCUT2D eigenvalue weighted by molar-refractivity contribution is -0.118. The number of carbonyl (C=O) groups excluding carboxylic acids is 3. The summed E-state index contributed by atoms with van der Waals surface area (Å²) in [6.07, 6.45) is 2.74. The Balaban J connectivity index is 0.000000948. The molecular weight excluding hydrogens is 504 g/mol. The number of amides is 2. The number of rotatable bonds is 10. The van der Waals surface area contributed by atoms with Crippen molar-refractivity contribution in [2.45, 2.75) is 39.5 Å². The molecule has 2 aromatic carbocycles. The maximum Gasteiger partial charge on any atom is 0.336 e. The molecule has 0 saturated heterocycles. The quantitative estimate of drug-likeness (QED) is 0.242. The van der Waals surface area contributed by atoms with E-state index in [1.54, 1.807) is 0 Å². The molecule has 0 bridgehead atoms. The highest BCUT2D eigenvalue weighted by atomic mass is 16.4. The standard InChI is InChI=1S/C17H10O9.2C4H9NO/c18-13(7-1-3-9(14(19)20)11(5-7)16(23)24)8-2-4-10(15(21)22)12(6-8)17(25)26;2*1-2-3-4(5)6/h1-6H,(H,19,20)(H,21,22)(H,23,24)(H,25,26);2*2-3H2,1H3,(H2,5,6). The van der Waals surface area contributed by atoms with E-state index in [1.165, 1.54) is 0 Å². The first-order valence-corrected chi connectivity index (χ1v) is 11.0. The Hall–Kier alpha value is -5.07. The van der Waals surface area contributed by atoms with Crippen molar-refractivity contribution in [2.24, 2.45) is 11.5 Å². The zero-order valence-corrected chi connectivity index (χ0v) is 20.6. The number of ketones is 1. The van der Waals surface area contributed by atoms with E-state index >= 15 is 0 Å². The molecule has 13 heteroatoms. The van der Waals surface area contributed by atoms with Crippen LogP contribution in [-0.4, -0.2) is 61.9 Å². The first kappa shape index (κ1) is 32.9. The fourth-order valence-electron chi connectivity index (χ4n) is 2.76. The molecule has 0 atom stereocenters. The van der Waals surface area contributed by atoms with Gasteiger partial charge in [-0.15, -0.1) is 0 Å². The lowest BCUT2D eigenvalue weighted by atomic mass is 9.95. The molecule has 2 amide bonds. The number of hydrogen-bond donors (Lipinski definition) is 6. The zero-order valence-electron chi connectivity index (χ0n) is 20.6. The van der Waals surface area contributed by atoms with Crippen LogP contribution in [0.5, 0.6) is 0 Å². The van der Waals surface area contributed by atoms with Crippen LogP contribution in [0, 0.1) is 0 Å². The molecule has 0 spiro atoms. The van der Waals surface area contributed by atoms with Crippen molar-refractivity contribution in [2.75, 3.05) is 0 Å². The molecule has 0 fully saturated rings. The van der Waals surface area contributed by atoms with Crippen LogP contribution in [0.2, 0.25) is 0 Å². The molecular formula is C25H28N2O11. The number of hydrogen-bond acceptors (Lipinski definition) is 7. The monoisotopic (exact) mass is 532 g/mol. The average Bonchev–Trinajstić information content (AvgIpc) is 2.83. The predicted molar refractivity (Wildman–Crippen MR) is 132 cm³/mol. The lowest BCUT2D eigenvalue weighted by Gasteiger charge is -2.08. The molecule has 0 heterocycles. The van der Waals surface area contributed by atoms with Gasteiger partial charge in [-0.05, 0) is 37.1 Å². The maximum absolute atomic E-state index is 12.5. The van der Waals surface area contributed by atoms with E-state index in [4.69, 9.17) is 31.9 Å². The average molecular weight is 533 g/mol. The molecule has 38 heavy (non-hydrogen) atoms. The molecule has 0 aliphatic heterocycles. The Labute approximate surface area is 216 Å². The van der Waals surface area contributed by atoms with E-state index in [9.17, 15) is 33.6 Å². The number of carbonyl (C=O) groups is 7. The molecule has 2 aromatic rings. The van der Waals surface area contributed by atoms with Crippen molar-refractivity contribution in [3.63, 3.8) is 0 Å². The number of aromatic carboxylic acids is 4. The van der Waals surface area contributed by atoms with Crippen molar-refractivity contribution in [1.82, 2.24) is 0 Å². The van der Waals surface area contributed by atoms with Crippen LogP contribution in [0.25, 0.3) is 0 Å². The van der Waals surface area contributed by atoms with Crippen LogP contribution in [0.1, 0.15) is 96.9 Å². The van der Waals surface area contributed by atoms with Crippen molar-refractivity contribution >= 4 is 41.5 Å². The van der Waals surface area contributed by atoms with Gasteiger partial charge in [-0.2, -0.15) is 0 Å². The summed E-state index contributed by atoms with van der Waals surface area (Å²) in [6, 6.07) is 5.79. The Morgan fingerprint density at radius 3 is 1.03 bits per heavy atom. The second-order valence-electron chi connectivity index (χ2n) is 7.50. The van der Waals surface area contributed by atoms with Gasteiger partial charge in [0.2, 0.25) is 11.8 Å². The number of carboxylic acids is 4. The van der Waals surface area contributed by atoms with Gasteiger partial charge in [0.25, 0.3) is 0 Å². The van der Waals surface area contributed by atoms with Crippen molar-refractivity contribution in [3.05, 3.63) is 69.8 Å². The third kappa shape index (κ3) is 10.7. The molecule has 0 aromatic heterocycles.